The van der Waals surface area contributed by atoms with Crippen molar-refractivity contribution in [1.82, 2.24) is 10.0 Å². The molecule has 0 aromatic heterocycles. The zero-order chi connectivity index (χ0) is 21.2. The van der Waals surface area contributed by atoms with Crippen LogP contribution in [-0.2, 0) is 21.2 Å². The van der Waals surface area contributed by atoms with Crippen molar-refractivity contribution in [1.29, 1.82) is 0 Å². The van der Waals surface area contributed by atoms with Crippen LogP contribution in [0, 0.1) is 20.8 Å². The van der Waals surface area contributed by atoms with Gasteiger partial charge in [-0.15, -0.1) is 0 Å². The average Bonchev–Trinajstić information content (AvgIpc) is 3.46. The standard InChI is InChI=1S/C23H30N2O3S/c1-15-13-17(3)22(14-16(15)2)18(4)24-23(26)12-7-19-5-10-21(11-6-19)29(27,28)25-20-8-9-20/h5-6,10-11,13-14,18,20,25H,7-9,12H2,1-4H3,(H,24,26)/t18-/m0/s1. The van der Waals surface area contributed by atoms with Crippen LogP contribution < -0.4 is 10.0 Å². The SMILES string of the molecule is Cc1cc(C)c([C@H](C)NC(=O)CCc2ccc(S(=O)(=O)NC3CC3)cc2)cc1C. The molecule has 0 unspecified atom stereocenters. The highest BCUT2D eigenvalue weighted by molar-refractivity contribution is 7.89. The van der Waals surface area contributed by atoms with Gasteiger partial charge in [0, 0.05) is 12.5 Å². The summed E-state index contributed by atoms with van der Waals surface area (Å²) < 4.78 is 27.1. The third-order valence-corrected chi connectivity index (χ3v) is 7.04. The Labute approximate surface area is 174 Å². The molecule has 1 fully saturated rings. The maximum Gasteiger partial charge on any atom is 0.240 e. The monoisotopic (exact) mass is 414 g/mol. The zero-order valence-electron chi connectivity index (χ0n) is 17.6. The molecule has 3 rings (SSSR count). The fraction of sp³-hybridized carbons (Fsp3) is 0.435. The molecule has 2 N–H and O–H groups in total. The summed E-state index contributed by atoms with van der Waals surface area (Å²) >= 11 is 0. The fourth-order valence-corrected chi connectivity index (χ4v) is 4.73. The number of nitrogens with one attached hydrogen (secondary N) is 2. The number of amides is 1. The van der Waals surface area contributed by atoms with E-state index in [9.17, 15) is 13.2 Å². The van der Waals surface area contributed by atoms with Gasteiger partial charge in [-0.1, -0.05) is 24.3 Å². The third kappa shape index (κ3) is 5.67. The third-order valence-electron chi connectivity index (χ3n) is 5.50. The molecule has 0 radical (unpaired) electrons. The lowest BCUT2D eigenvalue weighted by Gasteiger charge is -2.18. The first-order valence-corrected chi connectivity index (χ1v) is 11.6. The summed E-state index contributed by atoms with van der Waals surface area (Å²) in [5.41, 5.74) is 5.73. The number of carbonyl (C=O) groups is 1. The predicted molar refractivity (Wildman–Crippen MR) is 115 cm³/mol. The fourth-order valence-electron chi connectivity index (χ4n) is 3.42. The van der Waals surface area contributed by atoms with Crippen molar-refractivity contribution in [3.63, 3.8) is 0 Å². The van der Waals surface area contributed by atoms with Crippen molar-refractivity contribution in [2.75, 3.05) is 0 Å². The highest BCUT2D eigenvalue weighted by atomic mass is 32.2. The summed E-state index contributed by atoms with van der Waals surface area (Å²) in [6.07, 6.45) is 2.75. The molecule has 0 spiro atoms. The minimum atomic E-state index is -3.43. The van der Waals surface area contributed by atoms with E-state index in [1.807, 2.05) is 6.92 Å². The van der Waals surface area contributed by atoms with Crippen LogP contribution in [0.4, 0.5) is 0 Å². The van der Waals surface area contributed by atoms with E-state index in [1.165, 1.54) is 16.7 Å². The van der Waals surface area contributed by atoms with Gasteiger partial charge in [0.1, 0.15) is 0 Å². The van der Waals surface area contributed by atoms with Crippen molar-refractivity contribution in [3.8, 4) is 0 Å². The normalized spacial score (nSPS) is 15.2. The summed E-state index contributed by atoms with van der Waals surface area (Å²) in [5, 5.41) is 3.07. The molecule has 0 saturated heterocycles. The largest absolute Gasteiger partial charge is 0.350 e. The van der Waals surface area contributed by atoms with Crippen molar-refractivity contribution in [2.45, 2.75) is 70.4 Å². The van der Waals surface area contributed by atoms with Crippen LogP contribution in [0.5, 0.6) is 0 Å². The van der Waals surface area contributed by atoms with Crippen LogP contribution in [-0.4, -0.2) is 20.4 Å². The van der Waals surface area contributed by atoms with Crippen molar-refractivity contribution in [3.05, 3.63) is 64.2 Å². The van der Waals surface area contributed by atoms with Gasteiger partial charge in [-0.05, 0) is 86.9 Å². The van der Waals surface area contributed by atoms with E-state index in [0.717, 1.165) is 24.0 Å². The lowest BCUT2D eigenvalue weighted by molar-refractivity contribution is -0.121. The molecule has 0 bridgehead atoms. The van der Waals surface area contributed by atoms with E-state index in [1.54, 1.807) is 24.3 Å². The van der Waals surface area contributed by atoms with Crippen LogP contribution in [0.3, 0.4) is 0 Å². The smallest absolute Gasteiger partial charge is 0.240 e. The van der Waals surface area contributed by atoms with E-state index in [2.05, 4.69) is 42.9 Å². The highest BCUT2D eigenvalue weighted by Crippen LogP contribution is 2.23. The number of hydrogen-bond acceptors (Lipinski definition) is 3. The number of hydrogen-bond donors (Lipinski definition) is 2. The molecule has 1 saturated carbocycles. The number of carbonyl (C=O) groups excluding carboxylic acids is 1. The van der Waals surface area contributed by atoms with Gasteiger partial charge in [-0.25, -0.2) is 13.1 Å². The van der Waals surface area contributed by atoms with Gasteiger partial charge < -0.3 is 5.32 Å². The summed E-state index contributed by atoms with van der Waals surface area (Å²) in [4.78, 5) is 12.7. The predicted octanol–water partition coefficient (Wildman–Crippen LogP) is 3.86. The van der Waals surface area contributed by atoms with Crippen LogP contribution in [0.15, 0.2) is 41.3 Å². The molecule has 2 aromatic carbocycles. The van der Waals surface area contributed by atoms with Crippen LogP contribution in [0.1, 0.15) is 60.0 Å². The van der Waals surface area contributed by atoms with Gasteiger partial charge in [-0.3, -0.25) is 4.79 Å². The molecular formula is C23H30N2O3S. The molecule has 6 heteroatoms. The number of benzene rings is 2. The van der Waals surface area contributed by atoms with Gasteiger partial charge in [0.15, 0.2) is 0 Å². The summed E-state index contributed by atoms with van der Waals surface area (Å²) in [7, 11) is -3.43. The minimum Gasteiger partial charge on any atom is -0.350 e. The Hall–Kier alpha value is -2.18. The van der Waals surface area contributed by atoms with Crippen LogP contribution in [0.2, 0.25) is 0 Å². The van der Waals surface area contributed by atoms with Gasteiger partial charge >= 0.3 is 0 Å². The zero-order valence-corrected chi connectivity index (χ0v) is 18.4. The Kier molecular flexibility index (Phi) is 6.44. The maximum absolute atomic E-state index is 12.4. The molecule has 1 amide bonds. The van der Waals surface area contributed by atoms with Crippen molar-refractivity contribution >= 4 is 15.9 Å². The Morgan fingerprint density at radius 3 is 2.28 bits per heavy atom. The minimum absolute atomic E-state index is 0.0118. The van der Waals surface area contributed by atoms with Crippen LogP contribution >= 0.6 is 0 Å². The van der Waals surface area contributed by atoms with Crippen molar-refractivity contribution < 1.29 is 13.2 Å². The number of sulfonamides is 1. The second-order valence-electron chi connectivity index (χ2n) is 8.12. The molecule has 156 valence electrons. The Morgan fingerprint density at radius 2 is 1.66 bits per heavy atom. The van der Waals surface area contributed by atoms with Gasteiger partial charge in [0.2, 0.25) is 15.9 Å². The Balaban J connectivity index is 1.54. The first kappa shape index (κ1) is 21.5. The number of aryl methyl sites for hydroxylation is 4. The maximum atomic E-state index is 12.4. The highest BCUT2D eigenvalue weighted by Gasteiger charge is 2.27. The van der Waals surface area contributed by atoms with E-state index in [-0.39, 0.29) is 22.9 Å². The second-order valence-corrected chi connectivity index (χ2v) is 9.84. The first-order valence-electron chi connectivity index (χ1n) is 10.1. The topological polar surface area (TPSA) is 75.3 Å². The summed E-state index contributed by atoms with van der Waals surface area (Å²) in [6.45, 7) is 8.24. The molecular weight excluding hydrogens is 384 g/mol. The van der Waals surface area contributed by atoms with E-state index in [4.69, 9.17) is 0 Å². The quantitative estimate of drug-likeness (QED) is 0.689. The Bertz CT molecular complexity index is 994. The van der Waals surface area contributed by atoms with E-state index < -0.39 is 10.0 Å². The average molecular weight is 415 g/mol. The van der Waals surface area contributed by atoms with Crippen LogP contribution in [0.25, 0.3) is 0 Å². The van der Waals surface area contributed by atoms with E-state index in [0.29, 0.717) is 12.8 Å². The molecule has 2 aromatic rings. The molecule has 0 heterocycles. The van der Waals surface area contributed by atoms with E-state index >= 15 is 0 Å². The lowest BCUT2D eigenvalue weighted by atomic mass is 9.96. The summed E-state index contributed by atoms with van der Waals surface area (Å²) in [5.74, 6) is -0.0118. The second kappa shape index (κ2) is 8.67. The van der Waals surface area contributed by atoms with Gasteiger partial charge in [-0.2, -0.15) is 0 Å². The molecule has 1 aliphatic rings. The summed E-state index contributed by atoms with van der Waals surface area (Å²) in [6, 6.07) is 11.1. The lowest BCUT2D eigenvalue weighted by Crippen LogP contribution is -2.27. The molecule has 1 atom stereocenters. The van der Waals surface area contributed by atoms with Crippen molar-refractivity contribution in [2.24, 2.45) is 0 Å². The molecule has 1 aliphatic carbocycles. The number of rotatable bonds is 8. The molecule has 29 heavy (non-hydrogen) atoms. The molecule has 5 nitrogen and oxygen atoms in total. The first-order chi connectivity index (χ1) is 13.7. The van der Waals surface area contributed by atoms with Gasteiger partial charge in [0.25, 0.3) is 0 Å². The van der Waals surface area contributed by atoms with Gasteiger partial charge in [0.05, 0.1) is 10.9 Å². The Morgan fingerprint density at radius 1 is 1.03 bits per heavy atom. The molecule has 0 aliphatic heterocycles.